The second-order valence-electron chi connectivity index (χ2n) is 7.98. The molecule has 0 bridgehead atoms. The van der Waals surface area contributed by atoms with Crippen LogP contribution in [0.15, 0.2) is 41.2 Å². The summed E-state index contributed by atoms with van der Waals surface area (Å²) in [4.78, 5) is 25.1. The Balaban J connectivity index is 1.35. The van der Waals surface area contributed by atoms with E-state index in [1.807, 2.05) is 24.3 Å². The molecule has 1 aromatic carbocycles. The first-order valence-electron chi connectivity index (χ1n) is 10.2. The van der Waals surface area contributed by atoms with Crippen LogP contribution in [0.25, 0.3) is 21.3 Å². The molecule has 0 saturated heterocycles. The number of alkyl halides is 1. The molecule has 0 atom stereocenters. The number of nitrogens with one attached hydrogen (secondary N) is 2. The zero-order chi connectivity index (χ0) is 23.4. The van der Waals surface area contributed by atoms with Crippen molar-refractivity contribution in [2.45, 2.75) is 25.7 Å². The van der Waals surface area contributed by atoms with Crippen LogP contribution in [-0.4, -0.2) is 46.5 Å². The fraction of sp³-hybridized carbons (Fsp3) is 0.318. The van der Waals surface area contributed by atoms with Gasteiger partial charge in [-0.2, -0.15) is 4.98 Å². The van der Waals surface area contributed by atoms with E-state index in [2.05, 4.69) is 30.7 Å². The van der Waals surface area contributed by atoms with E-state index >= 15 is 0 Å². The summed E-state index contributed by atoms with van der Waals surface area (Å²) in [5.74, 6) is 1.33. The number of hydrogen-bond acceptors (Lipinski definition) is 8. The highest BCUT2D eigenvalue weighted by Gasteiger charge is 2.27. The predicted molar refractivity (Wildman–Crippen MR) is 123 cm³/mol. The Morgan fingerprint density at radius 1 is 1.21 bits per heavy atom. The van der Waals surface area contributed by atoms with Crippen LogP contribution in [0.5, 0.6) is 5.75 Å². The Hall–Kier alpha value is -3.60. The number of hydrogen-bond donors (Lipinski definition) is 2. The van der Waals surface area contributed by atoms with Gasteiger partial charge in [0.1, 0.15) is 12.4 Å². The molecule has 9 nitrogen and oxygen atoms in total. The first-order valence-corrected chi connectivity index (χ1v) is 11.0. The Bertz CT molecular complexity index is 1270. The van der Waals surface area contributed by atoms with Gasteiger partial charge in [-0.25, -0.2) is 14.2 Å². The SMILES string of the molecule is COc1cncc(-c2ccc3nc(NC(=O)NCCc4noc(C(C)(C)CF)n4)sc3c2)c1. The van der Waals surface area contributed by atoms with Gasteiger partial charge in [-0.15, -0.1) is 0 Å². The van der Waals surface area contributed by atoms with Crippen LogP contribution in [0.2, 0.25) is 0 Å². The summed E-state index contributed by atoms with van der Waals surface area (Å²) >= 11 is 1.37. The van der Waals surface area contributed by atoms with Gasteiger partial charge in [0, 0.05) is 24.7 Å². The highest BCUT2D eigenvalue weighted by Crippen LogP contribution is 2.31. The number of pyridine rings is 1. The number of amides is 2. The standard InChI is InChI=1S/C22H23FN6O3S/c1-22(2,12-23)19-27-18(29-32-19)6-7-25-20(30)28-21-26-16-5-4-13(9-17(16)33-21)14-8-15(31-3)11-24-10-14/h4-5,8-11H,6-7,12H2,1-3H3,(H2,25,26,28,30). The lowest BCUT2D eigenvalue weighted by molar-refractivity contribution is 0.252. The van der Waals surface area contributed by atoms with Crippen LogP contribution in [0.1, 0.15) is 25.6 Å². The van der Waals surface area contributed by atoms with Crippen molar-refractivity contribution in [1.82, 2.24) is 25.4 Å². The molecule has 3 heterocycles. The quantitative estimate of drug-likeness (QED) is 0.393. The summed E-state index contributed by atoms with van der Waals surface area (Å²) < 4.78 is 24.3. The number of ether oxygens (including phenoxy) is 1. The molecule has 2 amide bonds. The number of carbonyl (C=O) groups is 1. The van der Waals surface area contributed by atoms with Gasteiger partial charge in [-0.1, -0.05) is 22.6 Å². The Kier molecular flexibility index (Phi) is 6.50. The summed E-state index contributed by atoms with van der Waals surface area (Å²) in [5, 5.41) is 9.80. The topological polar surface area (TPSA) is 115 Å². The number of benzene rings is 1. The number of carbonyl (C=O) groups excluding carboxylic acids is 1. The van der Waals surface area contributed by atoms with Gasteiger partial charge < -0.3 is 14.6 Å². The Morgan fingerprint density at radius 3 is 2.85 bits per heavy atom. The molecule has 3 aromatic heterocycles. The van der Waals surface area contributed by atoms with Gasteiger partial charge >= 0.3 is 6.03 Å². The van der Waals surface area contributed by atoms with Crippen molar-refractivity contribution in [2.75, 3.05) is 25.6 Å². The molecular formula is C22H23FN6O3S. The molecule has 33 heavy (non-hydrogen) atoms. The van der Waals surface area contributed by atoms with Gasteiger partial charge in [0.2, 0.25) is 5.89 Å². The van der Waals surface area contributed by atoms with Crippen molar-refractivity contribution >= 4 is 32.7 Å². The number of urea groups is 1. The van der Waals surface area contributed by atoms with E-state index in [-0.39, 0.29) is 11.9 Å². The fourth-order valence-electron chi connectivity index (χ4n) is 2.96. The monoisotopic (exact) mass is 470 g/mol. The highest BCUT2D eigenvalue weighted by molar-refractivity contribution is 7.22. The van der Waals surface area contributed by atoms with Crippen molar-refractivity contribution in [3.63, 3.8) is 0 Å². The largest absolute Gasteiger partial charge is 0.495 e. The molecule has 0 aliphatic rings. The zero-order valence-electron chi connectivity index (χ0n) is 18.4. The average Bonchev–Trinajstić information content (AvgIpc) is 3.45. The number of aromatic nitrogens is 4. The summed E-state index contributed by atoms with van der Waals surface area (Å²) in [6.45, 7) is 3.06. The third-order valence-corrected chi connectivity index (χ3v) is 5.84. The summed E-state index contributed by atoms with van der Waals surface area (Å²) in [5.41, 5.74) is 1.86. The van der Waals surface area contributed by atoms with E-state index < -0.39 is 12.1 Å². The lowest BCUT2D eigenvalue weighted by atomic mass is 9.96. The molecule has 0 saturated carbocycles. The van der Waals surface area contributed by atoms with Gasteiger partial charge in [0.25, 0.3) is 0 Å². The maximum atomic E-state index is 13.0. The third kappa shape index (κ3) is 5.25. The van der Waals surface area contributed by atoms with Crippen molar-refractivity contribution < 1.29 is 18.4 Å². The lowest BCUT2D eigenvalue weighted by Gasteiger charge is -2.13. The van der Waals surface area contributed by atoms with Gasteiger partial charge in [-0.3, -0.25) is 10.3 Å². The minimum Gasteiger partial charge on any atom is -0.495 e. The van der Waals surface area contributed by atoms with Crippen LogP contribution in [0.3, 0.4) is 0 Å². The number of halogens is 1. The lowest BCUT2D eigenvalue weighted by Crippen LogP contribution is -2.30. The molecule has 0 spiro atoms. The second kappa shape index (κ2) is 9.49. The number of methoxy groups -OCH3 is 1. The molecule has 0 fully saturated rings. The number of thiazole rings is 1. The molecule has 0 radical (unpaired) electrons. The van der Waals surface area contributed by atoms with E-state index in [9.17, 15) is 9.18 Å². The maximum absolute atomic E-state index is 13.0. The molecule has 0 aliphatic carbocycles. The van der Waals surface area contributed by atoms with E-state index in [1.165, 1.54) is 11.3 Å². The van der Waals surface area contributed by atoms with Crippen LogP contribution >= 0.6 is 11.3 Å². The number of rotatable bonds is 8. The minimum atomic E-state index is -0.828. The first kappa shape index (κ1) is 22.6. The zero-order valence-corrected chi connectivity index (χ0v) is 19.2. The number of fused-ring (bicyclic) bond motifs is 1. The summed E-state index contributed by atoms with van der Waals surface area (Å²) in [6, 6.07) is 7.37. The van der Waals surface area contributed by atoms with Crippen LogP contribution in [0.4, 0.5) is 14.3 Å². The van der Waals surface area contributed by atoms with Gasteiger partial charge in [0.05, 0.1) is 28.9 Å². The first-order chi connectivity index (χ1) is 15.9. The average molecular weight is 471 g/mol. The molecule has 11 heteroatoms. The Labute approximate surface area is 193 Å². The van der Waals surface area contributed by atoms with E-state index in [1.54, 1.807) is 33.4 Å². The molecule has 4 rings (SSSR count). The van der Waals surface area contributed by atoms with E-state index in [0.717, 1.165) is 21.3 Å². The van der Waals surface area contributed by atoms with E-state index in [0.29, 0.717) is 29.7 Å². The van der Waals surface area contributed by atoms with Crippen molar-refractivity contribution in [1.29, 1.82) is 0 Å². The predicted octanol–water partition coefficient (Wildman–Crippen LogP) is 4.36. The smallest absolute Gasteiger partial charge is 0.321 e. The van der Waals surface area contributed by atoms with Crippen LogP contribution in [-0.2, 0) is 11.8 Å². The van der Waals surface area contributed by atoms with E-state index in [4.69, 9.17) is 9.26 Å². The van der Waals surface area contributed by atoms with Gasteiger partial charge in [0.15, 0.2) is 11.0 Å². The Morgan fingerprint density at radius 2 is 2.06 bits per heavy atom. The second-order valence-corrected chi connectivity index (χ2v) is 9.01. The molecular weight excluding hydrogens is 447 g/mol. The maximum Gasteiger partial charge on any atom is 0.321 e. The summed E-state index contributed by atoms with van der Waals surface area (Å²) in [7, 11) is 1.60. The van der Waals surface area contributed by atoms with Crippen molar-refractivity contribution in [3.05, 3.63) is 48.4 Å². The molecule has 0 aliphatic heterocycles. The normalized spacial score (nSPS) is 11.5. The van der Waals surface area contributed by atoms with Crippen molar-refractivity contribution in [2.24, 2.45) is 0 Å². The van der Waals surface area contributed by atoms with Gasteiger partial charge in [-0.05, 0) is 37.6 Å². The molecule has 172 valence electrons. The number of nitrogens with zero attached hydrogens (tertiary/aromatic N) is 4. The minimum absolute atomic E-state index is 0.239. The van der Waals surface area contributed by atoms with Crippen LogP contribution in [0, 0.1) is 0 Å². The summed E-state index contributed by atoms with van der Waals surface area (Å²) in [6.07, 6.45) is 3.78. The van der Waals surface area contributed by atoms with Crippen LogP contribution < -0.4 is 15.4 Å². The van der Waals surface area contributed by atoms with Crippen molar-refractivity contribution in [3.8, 4) is 16.9 Å². The molecule has 0 unspecified atom stereocenters. The highest BCUT2D eigenvalue weighted by atomic mass is 32.1. The number of anilines is 1. The molecule has 2 N–H and O–H groups in total. The molecule has 4 aromatic rings. The fourth-order valence-corrected chi connectivity index (χ4v) is 3.86. The third-order valence-electron chi connectivity index (χ3n) is 4.91.